The largest absolute Gasteiger partial charge is 0.462 e. The molecule has 1 aromatic rings. The highest BCUT2D eigenvalue weighted by Gasteiger charge is 2.46. The summed E-state index contributed by atoms with van der Waals surface area (Å²) in [6, 6.07) is 8.58. The van der Waals surface area contributed by atoms with Crippen LogP contribution in [0.5, 0.6) is 0 Å². The van der Waals surface area contributed by atoms with Crippen LogP contribution in [0.25, 0.3) is 0 Å². The monoisotopic (exact) mass is 314 g/mol. The number of aryl methyl sites for hydroxylation is 1. The minimum absolute atomic E-state index is 0.0420. The third kappa shape index (κ3) is 3.79. The molecule has 1 aromatic carbocycles. The zero-order chi connectivity index (χ0) is 16.6. The minimum Gasteiger partial charge on any atom is -0.462 e. The Labute approximate surface area is 140 Å². The summed E-state index contributed by atoms with van der Waals surface area (Å²) in [5.41, 5.74) is 2.56. The fourth-order valence-electron chi connectivity index (χ4n) is 4.12. The molecule has 0 aliphatic heterocycles. The van der Waals surface area contributed by atoms with Crippen molar-refractivity contribution in [3.8, 4) is 0 Å². The van der Waals surface area contributed by atoms with Crippen LogP contribution in [0.3, 0.4) is 0 Å². The third-order valence-electron chi connectivity index (χ3n) is 5.83. The molecule has 2 aliphatic carbocycles. The first-order valence-electron chi connectivity index (χ1n) is 9.22. The van der Waals surface area contributed by atoms with Gasteiger partial charge in [-0.05, 0) is 55.4 Å². The quantitative estimate of drug-likeness (QED) is 0.722. The number of hydrogen-bond donors (Lipinski definition) is 0. The van der Waals surface area contributed by atoms with Gasteiger partial charge in [-0.1, -0.05) is 57.0 Å². The van der Waals surface area contributed by atoms with Crippen molar-refractivity contribution in [1.82, 2.24) is 0 Å². The molecule has 0 N–H and O–H groups in total. The van der Waals surface area contributed by atoms with Crippen molar-refractivity contribution in [2.45, 2.75) is 65.4 Å². The topological polar surface area (TPSA) is 26.3 Å². The van der Waals surface area contributed by atoms with Gasteiger partial charge < -0.3 is 4.74 Å². The van der Waals surface area contributed by atoms with Crippen LogP contribution in [0.2, 0.25) is 0 Å². The first-order chi connectivity index (χ1) is 11.0. The van der Waals surface area contributed by atoms with Gasteiger partial charge in [-0.3, -0.25) is 4.79 Å². The molecule has 2 nitrogen and oxygen atoms in total. The van der Waals surface area contributed by atoms with E-state index in [1.54, 1.807) is 0 Å². The van der Waals surface area contributed by atoms with Crippen molar-refractivity contribution in [1.29, 1.82) is 0 Å². The number of ether oxygens (including phenoxy) is 1. The molecule has 2 saturated carbocycles. The number of carbonyl (C=O) groups is 1. The maximum absolute atomic E-state index is 12.6. The van der Waals surface area contributed by atoms with Gasteiger partial charge in [0.1, 0.15) is 6.10 Å². The molecule has 0 unspecified atom stereocenters. The van der Waals surface area contributed by atoms with Gasteiger partial charge in [0.05, 0.1) is 5.92 Å². The van der Waals surface area contributed by atoms with Crippen LogP contribution in [-0.2, 0) is 9.53 Å². The lowest BCUT2D eigenvalue weighted by Gasteiger charge is -2.36. The lowest BCUT2D eigenvalue weighted by atomic mass is 9.75. The van der Waals surface area contributed by atoms with Crippen molar-refractivity contribution < 1.29 is 9.53 Å². The Morgan fingerprint density at radius 1 is 1.13 bits per heavy atom. The van der Waals surface area contributed by atoms with Crippen LogP contribution >= 0.6 is 0 Å². The van der Waals surface area contributed by atoms with E-state index in [1.807, 2.05) is 0 Å². The number of hydrogen-bond acceptors (Lipinski definition) is 2. The summed E-state index contributed by atoms with van der Waals surface area (Å²) in [6.45, 7) is 8.89. The van der Waals surface area contributed by atoms with Crippen molar-refractivity contribution in [3.63, 3.8) is 0 Å². The summed E-state index contributed by atoms with van der Waals surface area (Å²) in [5, 5.41) is 0. The third-order valence-corrected chi connectivity index (χ3v) is 5.83. The second-order valence-electron chi connectivity index (χ2n) is 8.16. The molecular formula is C21H30O2. The molecule has 0 radical (unpaired) electrons. The number of esters is 1. The molecule has 126 valence electrons. The van der Waals surface area contributed by atoms with Crippen LogP contribution in [0, 0.1) is 30.6 Å². The van der Waals surface area contributed by atoms with Crippen LogP contribution in [0.4, 0.5) is 0 Å². The minimum atomic E-state index is 0.0420. The van der Waals surface area contributed by atoms with Gasteiger partial charge in [0.15, 0.2) is 0 Å². The molecule has 0 amide bonds. The fourth-order valence-corrected chi connectivity index (χ4v) is 4.12. The molecule has 0 spiro atoms. The number of benzene rings is 1. The van der Waals surface area contributed by atoms with Gasteiger partial charge in [0.2, 0.25) is 0 Å². The van der Waals surface area contributed by atoms with Gasteiger partial charge in [-0.15, -0.1) is 0 Å². The van der Waals surface area contributed by atoms with Crippen molar-refractivity contribution in [2.75, 3.05) is 0 Å². The SMILES string of the molecule is Cc1ccc([C@@H]2C[C@@H]2C(=O)O[C@H]2C[C@@H](C)CC[C@@H]2C(C)C)cc1. The molecule has 0 aromatic heterocycles. The Kier molecular flexibility index (Phi) is 4.79. The molecular weight excluding hydrogens is 284 g/mol. The summed E-state index contributed by atoms with van der Waals surface area (Å²) in [5.74, 6) is 2.30. The van der Waals surface area contributed by atoms with Crippen molar-refractivity contribution >= 4 is 5.97 Å². The summed E-state index contributed by atoms with van der Waals surface area (Å²) in [6.07, 6.45) is 4.59. The van der Waals surface area contributed by atoms with Gasteiger partial charge in [-0.25, -0.2) is 0 Å². The Hall–Kier alpha value is -1.31. The summed E-state index contributed by atoms with van der Waals surface area (Å²) in [7, 11) is 0. The van der Waals surface area contributed by atoms with E-state index >= 15 is 0 Å². The van der Waals surface area contributed by atoms with E-state index in [0.29, 0.717) is 23.7 Å². The highest BCUT2D eigenvalue weighted by atomic mass is 16.5. The average molecular weight is 314 g/mol. The fraction of sp³-hybridized carbons (Fsp3) is 0.667. The van der Waals surface area contributed by atoms with Crippen molar-refractivity contribution in [2.24, 2.45) is 23.7 Å². The lowest BCUT2D eigenvalue weighted by Crippen LogP contribution is -2.36. The average Bonchev–Trinajstić information content (AvgIpc) is 3.28. The Morgan fingerprint density at radius 2 is 1.83 bits per heavy atom. The molecule has 2 aliphatic rings. The van der Waals surface area contributed by atoms with E-state index in [4.69, 9.17) is 4.74 Å². The molecule has 23 heavy (non-hydrogen) atoms. The lowest BCUT2D eigenvalue weighted by molar-refractivity contribution is -0.157. The van der Waals surface area contributed by atoms with Gasteiger partial charge in [-0.2, -0.15) is 0 Å². The number of rotatable bonds is 4. The zero-order valence-electron chi connectivity index (χ0n) is 14.9. The van der Waals surface area contributed by atoms with Gasteiger partial charge >= 0.3 is 5.97 Å². The molecule has 2 fully saturated rings. The van der Waals surface area contributed by atoms with Crippen LogP contribution < -0.4 is 0 Å². The van der Waals surface area contributed by atoms with E-state index in [2.05, 4.69) is 52.0 Å². The maximum Gasteiger partial charge on any atom is 0.309 e. The molecule has 3 rings (SSSR count). The molecule has 0 heterocycles. The van der Waals surface area contributed by atoms with Gasteiger partial charge in [0.25, 0.3) is 0 Å². The molecule has 5 atom stereocenters. The van der Waals surface area contributed by atoms with E-state index in [-0.39, 0.29) is 18.0 Å². The van der Waals surface area contributed by atoms with Gasteiger partial charge in [0, 0.05) is 0 Å². The maximum atomic E-state index is 12.6. The van der Waals surface area contributed by atoms with E-state index in [1.165, 1.54) is 24.0 Å². The molecule has 0 bridgehead atoms. The first kappa shape index (κ1) is 16.5. The summed E-state index contributed by atoms with van der Waals surface area (Å²) in [4.78, 5) is 12.6. The predicted molar refractivity (Wildman–Crippen MR) is 93.3 cm³/mol. The van der Waals surface area contributed by atoms with E-state index < -0.39 is 0 Å². The first-order valence-corrected chi connectivity index (χ1v) is 9.22. The van der Waals surface area contributed by atoms with Crippen LogP contribution in [-0.4, -0.2) is 12.1 Å². The molecule has 2 heteroatoms. The Morgan fingerprint density at radius 3 is 2.48 bits per heavy atom. The van der Waals surface area contributed by atoms with E-state index in [0.717, 1.165) is 12.8 Å². The smallest absolute Gasteiger partial charge is 0.309 e. The summed E-state index contributed by atoms with van der Waals surface area (Å²) < 4.78 is 6.00. The predicted octanol–water partition coefficient (Wildman–Crippen LogP) is 5.10. The zero-order valence-corrected chi connectivity index (χ0v) is 14.9. The van der Waals surface area contributed by atoms with Crippen molar-refractivity contribution in [3.05, 3.63) is 35.4 Å². The summed E-state index contributed by atoms with van der Waals surface area (Å²) >= 11 is 0. The normalized spacial score (nSPS) is 33.5. The van der Waals surface area contributed by atoms with E-state index in [9.17, 15) is 4.79 Å². The Balaban J connectivity index is 1.59. The molecule has 0 saturated heterocycles. The standard InChI is InChI=1S/C21H30O2/c1-13(2)17-10-7-15(4)11-20(17)23-21(22)19-12-18(19)16-8-5-14(3)6-9-16/h5-6,8-9,13,15,17-20H,7,10-12H2,1-4H3/t15-,17+,18-,19-,20-/m0/s1. The Bertz CT molecular complexity index is 545. The highest BCUT2D eigenvalue weighted by Crippen LogP contribution is 2.49. The second kappa shape index (κ2) is 6.67. The van der Waals surface area contributed by atoms with Crippen LogP contribution in [0.1, 0.15) is 63.5 Å². The van der Waals surface area contributed by atoms with Crippen LogP contribution in [0.15, 0.2) is 24.3 Å². The highest BCUT2D eigenvalue weighted by molar-refractivity contribution is 5.77. The second-order valence-corrected chi connectivity index (χ2v) is 8.16. The number of carbonyl (C=O) groups excluding carboxylic acids is 1.